The second-order valence-corrected chi connectivity index (χ2v) is 11.5. The molecule has 7 rings (SSSR count). The van der Waals surface area contributed by atoms with Crippen molar-refractivity contribution in [2.45, 2.75) is 0 Å². The lowest BCUT2D eigenvalue weighted by atomic mass is 9.92. The molecule has 3 nitrogen and oxygen atoms in total. The van der Waals surface area contributed by atoms with E-state index in [0.717, 1.165) is 33.4 Å². The van der Waals surface area contributed by atoms with Crippen molar-refractivity contribution >= 4 is 36.5 Å². The van der Waals surface area contributed by atoms with Crippen LogP contribution in [0.5, 0.6) is 0 Å². The molecule has 0 bridgehead atoms. The maximum atomic E-state index is 4.11. The van der Waals surface area contributed by atoms with Crippen LogP contribution in [0.3, 0.4) is 0 Å². The summed E-state index contributed by atoms with van der Waals surface area (Å²) in [5, 5.41) is 0. The second-order valence-electron chi connectivity index (χ2n) is 11.5. The first-order valence-electron chi connectivity index (χ1n) is 16.0. The zero-order valence-corrected chi connectivity index (χ0v) is 26.4. The normalized spacial score (nSPS) is 11.5. The summed E-state index contributed by atoms with van der Waals surface area (Å²) < 4.78 is 0. The third-order valence-electron chi connectivity index (χ3n) is 8.19. The molecule has 0 aliphatic heterocycles. The minimum atomic E-state index is 1.13. The molecular formula is C45H33N3. The zero-order chi connectivity index (χ0) is 32.4. The highest BCUT2D eigenvalue weighted by Crippen LogP contribution is 2.34. The van der Waals surface area contributed by atoms with Gasteiger partial charge >= 0.3 is 0 Å². The zero-order valence-electron chi connectivity index (χ0n) is 26.4. The third-order valence-corrected chi connectivity index (χ3v) is 8.19. The number of hydrogen-bond donors (Lipinski definition) is 0. The Morgan fingerprint density at radius 3 is 0.667 bits per heavy atom. The van der Waals surface area contributed by atoms with Gasteiger partial charge in [0.25, 0.3) is 0 Å². The van der Waals surface area contributed by atoms with Gasteiger partial charge in [0.05, 0.1) is 0 Å². The summed E-state index contributed by atoms with van der Waals surface area (Å²) >= 11 is 0. The minimum absolute atomic E-state index is 1.13. The van der Waals surface area contributed by atoms with Crippen molar-refractivity contribution < 1.29 is 0 Å². The lowest BCUT2D eigenvalue weighted by Gasteiger charge is -2.12. The van der Waals surface area contributed by atoms with Crippen LogP contribution < -0.4 is 0 Å². The van der Waals surface area contributed by atoms with Crippen LogP contribution >= 0.6 is 0 Å². The minimum Gasteiger partial charge on any atom is -0.265 e. The largest absolute Gasteiger partial charge is 0.265 e. The fourth-order valence-corrected chi connectivity index (χ4v) is 5.49. The molecule has 4 aromatic carbocycles. The Hall–Kier alpha value is -6.45. The predicted molar refractivity (Wildman–Crippen MR) is 202 cm³/mol. The molecule has 48 heavy (non-hydrogen) atoms. The number of pyridine rings is 3. The molecular weight excluding hydrogens is 583 g/mol. The van der Waals surface area contributed by atoms with Crippen LogP contribution in [-0.4, -0.2) is 15.0 Å². The SMILES string of the molecule is C(=C\c1ccc(-c2cc(-c3ccc(/C=C/c4ccncc4)cc3)cc(-c3ccc(/C=C/c4ccncc4)cc3)c2)cc1)/c1ccncc1. The van der Waals surface area contributed by atoms with E-state index >= 15 is 0 Å². The van der Waals surface area contributed by atoms with Crippen LogP contribution in [0.15, 0.2) is 165 Å². The Morgan fingerprint density at radius 2 is 0.438 bits per heavy atom. The van der Waals surface area contributed by atoms with Crippen LogP contribution in [0.25, 0.3) is 69.8 Å². The number of nitrogens with zero attached hydrogens (tertiary/aromatic N) is 3. The molecule has 0 atom stereocenters. The first-order chi connectivity index (χ1) is 23.7. The van der Waals surface area contributed by atoms with Gasteiger partial charge in [-0.3, -0.25) is 15.0 Å². The van der Waals surface area contributed by atoms with Gasteiger partial charge in [-0.2, -0.15) is 0 Å². The highest BCUT2D eigenvalue weighted by atomic mass is 14.6. The van der Waals surface area contributed by atoms with E-state index in [1.54, 1.807) is 0 Å². The molecule has 228 valence electrons. The number of aromatic nitrogens is 3. The van der Waals surface area contributed by atoms with E-state index in [0.29, 0.717) is 0 Å². The van der Waals surface area contributed by atoms with E-state index in [4.69, 9.17) is 0 Å². The summed E-state index contributed by atoms with van der Waals surface area (Å²) in [7, 11) is 0. The second kappa shape index (κ2) is 14.8. The molecule has 3 heterocycles. The van der Waals surface area contributed by atoms with Gasteiger partial charge < -0.3 is 0 Å². The van der Waals surface area contributed by atoms with Crippen molar-refractivity contribution in [3.63, 3.8) is 0 Å². The molecule has 0 saturated heterocycles. The topological polar surface area (TPSA) is 38.7 Å². The third kappa shape index (κ3) is 7.85. The number of benzene rings is 4. The molecule has 0 saturated carbocycles. The molecule has 7 aromatic rings. The molecule has 0 fully saturated rings. The monoisotopic (exact) mass is 615 g/mol. The molecule has 0 amide bonds. The van der Waals surface area contributed by atoms with Gasteiger partial charge in [0.1, 0.15) is 0 Å². The number of rotatable bonds is 9. The summed E-state index contributed by atoms with van der Waals surface area (Å²) in [4.78, 5) is 12.3. The molecule has 0 radical (unpaired) electrons. The van der Waals surface area contributed by atoms with E-state index in [9.17, 15) is 0 Å². The maximum Gasteiger partial charge on any atom is 0.0273 e. The van der Waals surface area contributed by atoms with E-state index in [1.807, 2.05) is 73.6 Å². The molecule has 0 N–H and O–H groups in total. The molecule has 3 aromatic heterocycles. The summed E-state index contributed by atoms with van der Waals surface area (Å²) in [6.07, 6.45) is 23.6. The average molecular weight is 616 g/mol. The first-order valence-corrected chi connectivity index (χ1v) is 16.0. The standard InChI is InChI=1S/C45H33N3/c1(4-37-19-25-46-26-20-37)34-7-13-40(14-8-34)43-31-44(41-15-9-35(10-16-41)2-5-38-21-27-47-28-22-38)33-45(32-43)42-17-11-36(12-18-42)3-6-39-23-29-48-30-24-39/h1-33H/b4-1+,5-2+,6-3+. The fourth-order valence-electron chi connectivity index (χ4n) is 5.49. The van der Waals surface area contributed by atoms with E-state index in [2.05, 4.69) is 142 Å². The van der Waals surface area contributed by atoms with Gasteiger partial charge in [-0.05, 0) is 121 Å². The molecule has 3 heteroatoms. The summed E-state index contributed by atoms with van der Waals surface area (Å²) in [5.41, 5.74) is 13.9. The van der Waals surface area contributed by atoms with Gasteiger partial charge in [0, 0.05) is 37.2 Å². The van der Waals surface area contributed by atoms with Gasteiger partial charge in [0.15, 0.2) is 0 Å². The molecule has 0 spiro atoms. The van der Waals surface area contributed by atoms with Crippen molar-refractivity contribution in [3.05, 3.63) is 198 Å². The average Bonchev–Trinajstić information content (AvgIpc) is 3.17. The van der Waals surface area contributed by atoms with Gasteiger partial charge in [-0.15, -0.1) is 0 Å². The smallest absolute Gasteiger partial charge is 0.0273 e. The molecule has 0 aliphatic carbocycles. The molecule has 0 aliphatic rings. The Labute approximate surface area is 282 Å². The summed E-state index contributed by atoms with van der Waals surface area (Å²) in [6.45, 7) is 0. The van der Waals surface area contributed by atoms with Crippen LogP contribution in [0, 0.1) is 0 Å². The predicted octanol–water partition coefficient (Wildman–Crippen LogP) is 11.4. The highest BCUT2D eigenvalue weighted by Gasteiger charge is 2.08. The highest BCUT2D eigenvalue weighted by molar-refractivity contribution is 5.83. The van der Waals surface area contributed by atoms with Gasteiger partial charge in [0.2, 0.25) is 0 Å². The Morgan fingerprint density at radius 1 is 0.229 bits per heavy atom. The summed E-state index contributed by atoms with van der Waals surface area (Å²) in [5.74, 6) is 0. The van der Waals surface area contributed by atoms with Crippen LogP contribution in [0.1, 0.15) is 33.4 Å². The van der Waals surface area contributed by atoms with Crippen LogP contribution in [-0.2, 0) is 0 Å². The quantitative estimate of drug-likeness (QED) is 0.162. The Bertz CT molecular complexity index is 1900. The van der Waals surface area contributed by atoms with Crippen molar-refractivity contribution in [1.82, 2.24) is 15.0 Å². The van der Waals surface area contributed by atoms with E-state index in [1.165, 1.54) is 33.4 Å². The van der Waals surface area contributed by atoms with Crippen LogP contribution in [0.2, 0.25) is 0 Å². The van der Waals surface area contributed by atoms with Crippen molar-refractivity contribution in [3.8, 4) is 33.4 Å². The molecule has 0 unspecified atom stereocenters. The Kier molecular flexibility index (Phi) is 9.29. The lowest BCUT2D eigenvalue weighted by Crippen LogP contribution is -1.87. The van der Waals surface area contributed by atoms with Crippen molar-refractivity contribution in [2.24, 2.45) is 0 Å². The van der Waals surface area contributed by atoms with E-state index < -0.39 is 0 Å². The van der Waals surface area contributed by atoms with Gasteiger partial charge in [-0.25, -0.2) is 0 Å². The number of hydrogen-bond acceptors (Lipinski definition) is 3. The van der Waals surface area contributed by atoms with Gasteiger partial charge in [-0.1, -0.05) is 109 Å². The van der Waals surface area contributed by atoms with Crippen LogP contribution in [0.4, 0.5) is 0 Å². The lowest BCUT2D eigenvalue weighted by molar-refractivity contribution is 1.32. The summed E-state index contributed by atoms with van der Waals surface area (Å²) in [6, 6.07) is 45.2. The van der Waals surface area contributed by atoms with Crippen molar-refractivity contribution in [2.75, 3.05) is 0 Å². The fraction of sp³-hybridized carbons (Fsp3) is 0. The first kappa shape index (κ1) is 30.2. The van der Waals surface area contributed by atoms with E-state index in [-0.39, 0.29) is 0 Å². The maximum absolute atomic E-state index is 4.11. The van der Waals surface area contributed by atoms with Crippen molar-refractivity contribution in [1.29, 1.82) is 0 Å². The Balaban J connectivity index is 1.19.